The van der Waals surface area contributed by atoms with Crippen molar-refractivity contribution in [2.45, 2.75) is 32.6 Å². The normalized spacial score (nSPS) is 12.5. The number of fused-ring (bicyclic) bond motifs is 1. The number of aryl methyl sites for hydroxylation is 2. The lowest BCUT2D eigenvalue weighted by atomic mass is 10.0. The zero-order valence-electron chi connectivity index (χ0n) is 17.1. The van der Waals surface area contributed by atoms with Crippen LogP contribution in [0.4, 0.5) is 11.4 Å². The number of benzene rings is 2. The summed E-state index contributed by atoms with van der Waals surface area (Å²) in [6, 6.07) is 17.6. The number of carbonyl (C=O) groups excluding carboxylic acids is 2. The first-order chi connectivity index (χ1) is 14.6. The molecule has 0 fully saturated rings. The van der Waals surface area contributed by atoms with Gasteiger partial charge in [-0.15, -0.1) is 0 Å². The number of hydrogen-bond acceptors (Lipinski definition) is 3. The Morgan fingerprint density at radius 3 is 2.77 bits per heavy atom. The number of nitrogens with one attached hydrogen (secondary N) is 1. The molecule has 152 valence electrons. The fourth-order valence-electron chi connectivity index (χ4n) is 3.89. The summed E-state index contributed by atoms with van der Waals surface area (Å²) in [6.45, 7) is 2.74. The van der Waals surface area contributed by atoms with Crippen molar-refractivity contribution in [3.8, 4) is 0 Å². The molecule has 2 aromatic carbocycles. The third-order valence-corrected chi connectivity index (χ3v) is 5.52. The van der Waals surface area contributed by atoms with Crippen molar-refractivity contribution < 1.29 is 9.59 Å². The monoisotopic (exact) mass is 399 g/mol. The van der Waals surface area contributed by atoms with Gasteiger partial charge >= 0.3 is 0 Å². The Bertz CT molecular complexity index is 1060. The fourth-order valence-corrected chi connectivity index (χ4v) is 3.89. The predicted molar refractivity (Wildman–Crippen MR) is 119 cm³/mol. The molecular weight excluding hydrogens is 374 g/mol. The molecule has 0 saturated heterocycles. The lowest BCUT2D eigenvalue weighted by molar-refractivity contribution is -0.116. The highest BCUT2D eigenvalue weighted by atomic mass is 16.2. The van der Waals surface area contributed by atoms with Gasteiger partial charge in [-0.25, -0.2) is 0 Å². The first kappa shape index (κ1) is 19.8. The molecule has 1 aliphatic heterocycles. The number of aromatic nitrogens is 1. The summed E-state index contributed by atoms with van der Waals surface area (Å²) in [6.07, 6.45) is 6.22. The molecular formula is C25H25N3O2. The Morgan fingerprint density at radius 1 is 1.10 bits per heavy atom. The van der Waals surface area contributed by atoms with Crippen LogP contribution in [0.15, 0.2) is 67.0 Å². The Kier molecular flexibility index (Phi) is 5.89. The summed E-state index contributed by atoms with van der Waals surface area (Å²) in [7, 11) is 0. The van der Waals surface area contributed by atoms with Gasteiger partial charge in [0.25, 0.3) is 5.91 Å². The molecule has 4 rings (SSSR count). The van der Waals surface area contributed by atoms with Crippen LogP contribution in [-0.2, 0) is 17.6 Å². The molecule has 0 saturated carbocycles. The van der Waals surface area contributed by atoms with Crippen LogP contribution < -0.4 is 10.2 Å². The number of amides is 2. The van der Waals surface area contributed by atoms with Gasteiger partial charge in [-0.3, -0.25) is 14.6 Å². The third kappa shape index (κ3) is 4.40. The van der Waals surface area contributed by atoms with E-state index in [9.17, 15) is 9.59 Å². The van der Waals surface area contributed by atoms with Gasteiger partial charge in [0, 0.05) is 36.7 Å². The van der Waals surface area contributed by atoms with Crippen LogP contribution in [0.2, 0.25) is 0 Å². The van der Waals surface area contributed by atoms with E-state index in [0.717, 1.165) is 36.2 Å². The maximum Gasteiger partial charge on any atom is 0.259 e. The summed E-state index contributed by atoms with van der Waals surface area (Å²) < 4.78 is 0. The van der Waals surface area contributed by atoms with Crippen LogP contribution in [0.25, 0.3) is 0 Å². The largest absolute Gasteiger partial charge is 0.326 e. The number of anilines is 2. The average molecular weight is 399 g/mol. The number of carbonyl (C=O) groups is 2. The summed E-state index contributed by atoms with van der Waals surface area (Å²) in [4.78, 5) is 30.9. The second-order valence-electron chi connectivity index (χ2n) is 7.62. The highest BCUT2D eigenvalue weighted by Gasteiger charge is 2.26. The molecule has 0 bridgehead atoms. The number of hydrogen-bond donors (Lipinski definition) is 1. The predicted octanol–water partition coefficient (Wildman–Crippen LogP) is 4.55. The highest BCUT2D eigenvalue weighted by molar-refractivity contribution is 6.07. The standard InChI is InChI=1S/C25H25N3O2/c1-18-6-2-3-7-19(18)8-4-10-24(29)27-22-11-12-23-20(16-22)13-15-28(23)25(30)21-9-5-14-26-17-21/h2-3,5-7,9,11-12,14,16-17H,4,8,10,13,15H2,1H3,(H,27,29). The molecule has 0 radical (unpaired) electrons. The molecule has 1 aromatic heterocycles. The molecule has 0 spiro atoms. The van der Waals surface area contributed by atoms with Crippen molar-refractivity contribution in [1.29, 1.82) is 0 Å². The van der Waals surface area contributed by atoms with Crippen LogP contribution in [0.5, 0.6) is 0 Å². The minimum atomic E-state index is -0.0464. The van der Waals surface area contributed by atoms with Gasteiger partial charge in [-0.1, -0.05) is 24.3 Å². The molecule has 30 heavy (non-hydrogen) atoms. The van der Waals surface area contributed by atoms with Crippen molar-refractivity contribution in [3.05, 3.63) is 89.2 Å². The third-order valence-electron chi connectivity index (χ3n) is 5.52. The molecule has 3 aromatic rings. The second kappa shape index (κ2) is 8.91. The van der Waals surface area contributed by atoms with E-state index in [1.54, 1.807) is 29.4 Å². The molecule has 0 atom stereocenters. The van der Waals surface area contributed by atoms with Gasteiger partial charge in [0.2, 0.25) is 5.91 Å². The van der Waals surface area contributed by atoms with Gasteiger partial charge in [0.05, 0.1) is 5.56 Å². The molecule has 2 heterocycles. The number of nitrogens with zero attached hydrogens (tertiary/aromatic N) is 2. The first-order valence-electron chi connectivity index (χ1n) is 10.3. The number of pyridine rings is 1. The Morgan fingerprint density at radius 2 is 1.97 bits per heavy atom. The van der Waals surface area contributed by atoms with Crippen molar-refractivity contribution >= 4 is 23.2 Å². The van der Waals surface area contributed by atoms with E-state index >= 15 is 0 Å². The fraction of sp³-hybridized carbons (Fsp3) is 0.240. The van der Waals surface area contributed by atoms with E-state index in [1.165, 1.54) is 11.1 Å². The van der Waals surface area contributed by atoms with Crippen LogP contribution >= 0.6 is 0 Å². The highest BCUT2D eigenvalue weighted by Crippen LogP contribution is 2.31. The van der Waals surface area contributed by atoms with Gasteiger partial charge in [0.15, 0.2) is 0 Å². The smallest absolute Gasteiger partial charge is 0.259 e. The zero-order chi connectivity index (χ0) is 20.9. The molecule has 1 N–H and O–H groups in total. The molecule has 0 aliphatic carbocycles. The van der Waals surface area contributed by atoms with Gasteiger partial charge < -0.3 is 10.2 Å². The van der Waals surface area contributed by atoms with Gasteiger partial charge in [-0.2, -0.15) is 0 Å². The van der Waals surface area contributed by atoms with Crippen LogP contribution in [0.3, 0.4) is 0 Å². The molecule has 5 nitrogen and oxygen atoms in total. The Labute approximate surface area is 176 Å². The van der Waals surface area contributed by atoms with E-state index < -0.39 is 0 Å². The van der Waals surface area contributed by atoms with E-state index in [-0.39, 0.29) is 11.8 Å². The Hall–Kier alpha value is -3.47. The second-order valence-corrected chi connectivity index (χ2v) is 7.62. The van der Waals surface area contributed by atoms with Crippen LogP contribution in [0, 0.1) is 6.92 Å². The van der Waals surface area contributed by atoms with Gasteiger partial charge in [0.1, 0.15) is 0 Å². The quantitative estimate of drug-likeness (QED) is 0.661. The maximum atomic E-state index is 12.7. The minimum absolute atomic E-state index is 0.0184. The van der Waals surface area contributed by atoms with Crippen molar-refractivity contribution in [3.63, 3.8) is 0 Å². The van der Waals surface area contributed by atoms with E-state index in [0.29, 0.717) is 18.5 Å². The lowest BCUT2D eigenvalue weighted by Gasteiger charge is -2.17. The summed E-state index contributed by atoms with van der Waals surface area (Å²) >= 11 is 0. The Balaban J connectivity index is 1.35. The topological polar surface area (TPSA) is 62.3 Å². The van der Waals surface area contributed by atoms with E-state index in [1.807, 2.05) is 30.3 Å². The van der Waals surface area contributed by atoms with Crippen LogP contribution in [-0.4, -0.2) is 23.3 Å². The lowest BCUT2D eigenvalue weighted by Crippen LogP contribution is -2.28. The molecule has 5 heteroatoms. The van der Waals surface area contributed by atoms with Crippen molar-refractivity contribution in [1.82, 2.24) is 4.98 Å². The van der Waals surface area contributed by atoms with E-state index in [4.69, 9.17) is 0 Å². The van der Waals surface area contributed by atoms with Crippen LogP contribution in [0.1, 0.15) is 39.9 Å². The molecule has 0 unspecified atom stereocenters. The molecule has 2 amide bonds. The van der Waals surface area contributed by atoms with Crippen molar-refractivity contribution in [2.24, 2.45) is 0 Å². The molecule has 1 aliphatic rings. The summed E-state index contributed by atoms with van der Waals surface area (Å²) in [5.74, 6) is -0.0281. The summed E-state index contributed by atoms with van der Waals surface area (Å²) in [5.41, 5.74) is 5.90. The minimum Gasteiger partial charge on any atom is -0.326 e. The first-order valence-corrected chi connectivity index (χ1v) is 10.3. The van der Waals surface area contributed by atoms with E-state index in [2.05, 4.69) is 29.4 Å². The van der Waals surface area contributed by atoms with Crippen molar-refractivity contribution in [2.75, 3.05) is 16.8 Å². The van der Waals surface area contributed by atoms with Gasteiger partial charge in [-0.05, 0) is 73.2 Å². The maximum absolute atomic E-state index is 12.7. The zero-order valence-corrected chi connectivity index (χ0v) is 17.1. The SMILES string of the molecule is Cc1ccccc1CCCC(=O)Nc1ccc2c(c1)CCN2C(=O)c1cccnc1. The average Bonchev–Trinajstić information content (AvgIpc) is 3.18. The number of rotatable bonds is 6. The summed E-state index contributed by atoms with van der Waals surface area (Å²) in [5, 5.41) is 3.00.